The number of aromatic nitrogens is 1. The van der Waals surface area contributed by atoms with Crippen LogP contribution in [0.1, 0.15) is 28.3 Å². The van der Waals surface area contributed by atoms with E-state index >= 15 is 0 Å². The fourth-order valence-corrected chi connectivity index (χ4v) is 11.1. The smallest absolute Gasteiger partial charge is 0.305 e. The number of thiazole rings is 1. The first kappa shape index (κ1) is 28.2. The van der Waals surface area contributed by atoms with Crippen LogP contribution in [0, 0.1) is 29.6 Å². The van der Waals surface area contributed by atoms with Gasteiger partial charge in [0.1, 0.15) is 6.61 Å². The number of anilines is 1. The Morgan fingerprint density at radius 1 is 0.886 bits per heavy atom. The molecule has 11 heteroatoms. The van der Waals surface area contributed by atoms with Crippen LogP contribution in [-0.4, -0.2) is 29.2 Å². The number of aromatic amines is 1. The predicted molar refractivity (Wildman–Crippen MR) is 171 cm³/mol. The molecule has 8 rings (SSSR count). The number of nitrogens with zero attached hydrogens (tertiary/aromatic N) is 1. The van der Waals surface area contributed by atoms with Gasteiger partial charge in [-0.1, -0.05) is 52.7 Å². The highest BCUT2D eigenvalue weighted by Gasteiger charge is 2.69. The average Bonchev–Trinajstić information content (AvgIpc) is 3.76. The molecule has 4 aromatic rings. The van der Waals surface area contributed by atoms with Crippen LogP contribution in [-0.2, 0) is 16.2 Å². The molecule has 7 nitrogen and oxygen atoms in total. The molecule has 0 unspecified atom stereocenters. The number of hydrogen-bond acceptors (Lipinski definition) is 7. The molecule has 2 aliphatic heterocycles. The third kappa shape index (κ3) is 4.35. The zero-order chi connectivity index (χ0) is 30.3. The number of nitrogens with one attached hydrogen (secondary N) is 1. The molecule has 1 aromatic heterocycles. The molecule has 0 spiro atoms. The van der Waals surface area contributed by atoms with Crippen LogP contribution in [0.25, 0.3) is 0 Å². The van der Waals surface area contributed by atoms with Gasteiger partial charge < -0.3 is 14.5 Å². The molecule has 1 N–H and O–H groups in total. The first-order valence-corrected chi connectivity index (χ1v) is 16.9. The maximum atomic E-state index is 14.0. The molecule has 2 bridgehead atoms. The number of carbonyl (C=O) groups is 2. The molecule has 3 fully saturated rings. The van der Waals surface area contributed by atoms with Crippen LogP contribution in [0.5, 0.6) is 11.5 Å². The number of ether oxygens (including phenoxy) is 2. The van der Waals surface area contributed by atoms with Crippen LogP contribution >= 0.6 is 46.3 Å². The standard InChI is InChI=1S/C33H26Cl2N2O5S2/c1-41-23-12-16(4-11-22(23)42-14-15-2-5-17(34)6-3-15)24-25-20-13-21(28(25)43-30-29(24)44-33(40)36-30)27-26(20)31(38)37(32(27)39)19-9-7-18(35)8-10-19/h2-12,20-21,24-28H,13-14H2,1H3,(H,36,40)/t20-,21-,24+,25+,26+,27+,28-/m1/s1. The van der Waals surface area contributed by atoms with Crippen molar-refractivity contribution in [3.63, 3.8) is 0 Å². The highest BCUT2D eigenvalue weighted by atomic mass is 35.5. The van der Waals surface area contributed by atoms with E-state index in [-0.39, 0.29) is 57.4 Å². The molecule has 2 amide bonds. The van der Waals surface area contributed by atoms with Gasteiger partial charge in [0.25, 0.3) is 0 Å². The third-order valence-electron chi connectivity index (χ3n) is 9.66. The topological polar surface area (TPSA) is 88.7 Å². The number of halogens is 2. The number of rotatable bonds is 6. The predicted octanol–water partition coefficient (Wildman–Crippen LogP) is 7.01. The fraction of sp³-hybridized carbons (Fsp3) is 0.303. The van der Waals surface area contributed by atoms with Crippen molar-refractivity contribution in [3.05, 3.63) is 102 Å². The summed E-state index contributed by atoms with van der Waals surface area (Å²) in [6, 6.07) is 20.3. The molecule has 3 heterocycles. The SMILES string of the molecule is COc1cc([C@@H]2c3sc(=O)[nH]c3S[C@@H]3[C@@H]4C[C@@H]([C@@H]5C(=O)N(c6ccc(Cl)cc6)C(=O)[C@@H]45)[C@@H]23)ccc1OCc1ccc(Cl)cc1. The second-order valence-corrected chi connectivity index (χ2v) is 14.8. The lowest BCUT2D eigenvalue weighted by atomic mass is 9.68. The number of H-pyrrole nitrogens is 1. The van der Waals surface area contributed by atoms with Crippen molar-refractivity contribution in [3.8, 4) is 11.5 Å². The molecule has 2 saturated carbocycles. The van der Waals surface area contributed by atoms with E-state index in [9.17, 15) is 14.4 Å². The zero-order valence-corrected chi connectivity index (χ0v) is 26.5. The summed E-state index contributed by atoms with van der Waals surface area (Å²) in [5.41, 5.74) is 2.55. The van der Waals surface area contributed by atoms with Gasteiger partial charge in [-0.15, -0.1) is 11.8 Å². The van der Waals surface area contributed by atoms with Crippen molar-refractivity contribution in [1.82, 2.24) is 4.98 Å². The number of benzene rings is 3. The van der Waals surface area contributed by atoms with E-state index in [1.165, 1.54) is 16.2 Å². The molecular formula is C33H26Cl2N2O5S2. The Bertz CT molecular complexity index is 1860. The summed E-state index contributed by atoms with van der Waals surface area (Å²) in [4.78, 5) is 45.7. The normalized spacial score (nSPS) is 28.2. The first-order chi connectivity index (χ1) is 21.3. The minimum Gasteiger partial charge on any atom is -0.493 e. The van der Waals surface area contributed by atoms with Gasteiger partial charge >= 0.3 is 4.87 Å². The Morgan fingerprint density at radius 3 is 2.27 bits per heavy atom. The van der Waals surface area contributed by atoms with E-state index in [1.807, 2.05) is 42.5 Å². The van der Waals surface area contributed by atoms with Crippen molar-refractivity contribution in [1.29, 1.82) is 0 Å². The van der Waals surface area contributed by atoms with E-state index < -0.39 is 0 Å². The Balaban J connectivity index is 1.14. The van der Waals surface area contributed by atoms with E-state index in [0.717, 1.165) is 27.5 Å². The number of carbonyl (C=O) groups excluding carboxylic acids is 2. The zero-order valence-electron chi connectivity index (χ0n) is 23.4. The molecule has 3 aromatic carbocycles. The maximum absolute atomic E-state index is 14.0. The van der Waals surface area contributed by atoms with Crippen molar-refractivity contribution in [2.75, 3.05) is 12.0 Å². The van der Waals surface area contributed by atoms with E-state index in [4.69, 9.17) is 32.7 Å². The highest BCUT2D eigenvalue weighted by molar-refractivity contribution is 8.00. The molecule has 44 heavy (non-hydrogen) atoms. The van der Waals surface area contributed by atoms with Gasteiger partial charge in [0.15, 0.2) is 11.5 Å². The van der Waals surface area contributed by atoms with Gasteiger partial charge in [-0.2, -0.15) is 0 Å². The monoisotopic (exact) mass is 664 g/mol. The minimum absolute atomic E-state index is 0.0124. The maximum Gasteiger partial charge on any atom is 0.305 e. The number of thioether (sulfide) groups is 1. The highest BCUT2D eigenvalue weighted by Crippen LogP contribution is 2.68. The fourth-order valence-electron chi connectivity index (χ4n) is 7.97. The Hall–Kier alpha value is -3.24. The largest absolute Gasteiger partial charge is 0.493 e. The van der Waals surface area contributed by atoms with Crippen LogP contribution in [0.2, 0.25) is 10.0 Å². The van der Waals surface area contributed by atoms with Crippen LogP contribution < -0.4 is 19.2 Å². The molecule has 7 atom stereocenters. The molecule has 1 saturated heterocycles. The van der Waals surface area contributed by atoms with Gasteiger partial charge in [-0.3, -0.25) is 19.3 Å². The molecule has 224 valence electrons. The summed E-state index contributed by atoms with van der Waals surface area (Å²) < 4.78 is 11.9. The van der Waals surface area contributed by atoms with Gasteiger partial charge in [0, 0.05) is 26.1 Å². The number of imide groups is 1. The number of amides is 2. The number of methoxy groups -OCH3 is 1. The average molecular weight is 666 g/mol. The minimum atomic E-state index is -0.381. The van der Waals surface area contributed by atoms with Gasteiger partial charge in [-0.25, -0.2) is 0 Å². The van der Waals surface area contributed by atoms with E-state index in [1.54, 1.807) is 43.1 Å². The van der Waals surface area contributed by atoms with Crippen molar-refractivity contribution < 1.29 is 19.1 Å². The van der Waals surface area contributed by atoms with Crippen LogP contribution in [0.4, 0.5) is 5.69 Å². The van der Waals surface area contributed by atoms with Crippen LogP contribution in [0.3, 0.4) is 0 Å². The van der Waals surface area contributed by atoms with Crippen molar-refractivity contribution in [2.24, 2.45) is 29.6 Å². The molecular weight excluding hydrogens is 639 g/mol. The molecule has 2 aliphatic carbocycles. The summed E-state index contributed by atoms with van der Waals surface area (Å²) in [6.45, 7) is 0.355. The summed E-state index contributed by atoms with van der Waals surface area (Å²) >= 11 is 15.0. The Labute approximate surface area is 271 Å². The summed E-state index contributed by atoms with van der Waals surface area (Å²) in [5.74, 6) is 0.218. The van der Waals surface area contributed by atoms with Gasteiger partial charge in [0.2, 0.25) is 11.8 Å². The first-order valence-electron chi connectivity index (χ1n) is 14.4. The van der Waals surface area contributed by atoms with Gasteiger partial charge in [-0.05, 0) is 83.8 Å². The Kier molecular flexibility index (Phi) is 6.86. The molecule has 4 aliphatic rings. The van der Waals surface area contributed by atoms with Crippen molar-refractivity contribution in [2.45, 2.75) is 29.2 Å². The lowest BCUT2D eigenvalue weighted by molar-refractivity contribution is -0.123. The third-order valence-corrected chi connectivity index (χ3v) is 12.8. The second-order valence-electron chi connectivity index (χ2n) is 11.8. The second kappa shape index (κ2) is 10.7. The van der Waals surface area contributed by atoms with Crippen LogP contribution in [0.15, 0.2) is 76.6 Å². The lowest BCUT2D eigenvalue weighted by Crippen LogP contribution is -2.42. The van der Waals surface area contributed by atoms with Gasteiger partial charge in [0.05, 0.1) is 29.7 Å². The number of hydrogen-bond donors (Lipinski definition) is 1. The molecule has 0 radical (unpaired) electrons. The van der Waals surface area contributed by atoms with E-state index in [2.05, 4.69) is 4.98 Å². The summed E-state index contributed by atoms with van der Waals surface area (Å²) in [5, 5.41) is 2.18. The number of fused-ring (bicyclic) bond motifs is 9. The quantitative estimate of drug-likeness (QED) is 0.223. The van der Waals surface area contributed by atoms with E-state index in [0.29, 0.717) is 33.8 Å². The lowest BCUT2D eigenvalue weighted by Gasteiger charge is -2.43. The summed E-state index contributed by atoms with van der Waals surface area (Å²) in [7, 11) is 1.62. The summed E-state index contributed by atoms with van der Waals surface area (Å²) in [6.07, 6.45) is 0.818. The Morgan fingerprint density at radius 2 is 1.57 bits per heavy atom. The van der Waals surface area contributed by atoms with Crippen molar-refractivity contribution >= 4 is 63.8 Å².